The standard InChI is InChI=1S/C9H5F2NO4/c10-6-4-7(11)8(12(15)16)3-5(6)1-2-9(13)14/h1-4H,(H,13,14)/b2-1+. The van der Waals surface area contributed by atoms with E-state index in [9.17, 15) is 23.7 Å². The van der Waals surface area contributed by atoms with Gasteiger partial charge in [0.25, 0.3) is 0 Å². The second-order valence-corrected chi connectivity index (χ2v) is 2.75. The van der Waals surface area contributed by atoms with Crippen LogP contribution in [0.15, 0.2) is 18.2 Å². The summed E-state index contributed by atoms with van der Waals surface area (Å²) in [6.45, 7) is 0. The highest BCUT2D eigenvalue weighted by molar-refractivity contribution is 5.85. The zero-order chi connectivity index (χ0) is 12.3. The van der Waals surface area contributed by atoms with Gasteiger partial charge in [0.2, 0.25) is 5.82 Å². The lowest BCUT2D eigenvalue weighted by atomic mass is 10.1. The molecule has 0 radical (unpaired) electrons. The minimum atomic E-state index is -1.34. The van der Waals surface area contributed by atoms with Crippen molar-refractivity contribution in [1.29, 1.82) is 0 Å². The van der Waals surface area contributed by atoms with Crippen molar-refractivity contribution in [3.8, 4) is 0 Å². The van der Waals surface area contributed by atoms with Crippen LogP contribution in [0.3, 0.4) is 0 Å². The molecule has 0 aliphatic rings. The van der Waals surface area contributed by atoms with Gasteiger partial charge in [-0.1, -0.05) is 0 Å². The molecule has 0 aliphatic carbocycles. The van der Waals surface area contributed by atoms with Gasteiger partial charge in [0.05, 0.1) is 4.92 Å². The molecule has 0 saturated carbocycles. The van der Waals surface area contributed by atoms with Crippen LogP contribution in [0.25, 0.3) is 6.08 Å². The molecule has 0 aliphatic heterocycles. The highest BCUT2D eigenvalue weighted by Gasteiger charge is 2.17. The van der Waals surface area contributed by atoms with E-state index in [0.717, 1.165) is 6.08 Å². The van der Waals surface area contributed by atoms with Gasteiger partial charge in [-0.15, -0.1) is 0 Å². The fraction of sp³-hybridized carbons (Fsp3) is 0. The van der Waals surface area contributed by atoms with E-state index in [-0.39, 0.29) is 5.56 Å². The minimum Gasteiger partial charge on any atom is -0.478 e. The number of carbonyl (C=O) groups is 1. The van der Waals surface area contributed by atoms with Gasteiger partial charge < -0.3 is 5.11 Å². The van der Waals surface area contributed by atoms with Crippen molar-refractivity contribution in [1.82, 2.24) is 0 Å². The van der Waals surface area contributed by atoms with Gasteiger partial charge in [-0.3, -0.25) is 10.1 Å². The smallest absolute Gasteiger partial charge is 0.328 e. The molecule has 0 unspecified atom stereocenters. The number of benzene rings is 1. The number of aliphatic carboxylic acids is 1. The molecule has 5 nitrogen and oxygen atoms in total. The third-order valence-corrected chi connectivity index (χ3v) is 1.67. The fourth-order valence-corrected chi connectivity index (χ4v) is 0.982. The van der Waals surface area contributed by atoms with Crippen LogP contribution in [0.5, 0.6) is 0 Å². The zero-order valence-corrected chi connectivity index (χ0v) is 7.68. The first-order chi connectivity index (χ1) is 7.41. The summed E-state index contributed by atoms with van der Waals surface area (Å²) in [7, 11) is 0. The Kier molecular flexibility index (Phi) is 3.29. The van der Waals surface area contributed by atoms with Crippen LogP contribution >= 0.6 is 0 Å². The highest BCUT2D eigenvalue weighted by atomic mass is 19.1. The number of carboxylic acids is 1. The van der Waals surface area contributed by atoms with E-state index in [1.54, 1.807) is 0 Å². The normalized spacial score (nSPS) is 10.6. The van der Waals surface area contributed by atoms with E-state index >= 15 is 0 Å². The van der Waals surface area contributed by atoms with Crippen molar-refractivity contribution in [2.24, 2.45) is 0 Å². The molecule has 0 saturated heterocycles. The van der Waals surface area contributed by atoms with Gasteiger partial charge in [-0.05, 0) is 6.08 Å². The molecule has 1 N–H and O–H groups in total. The highest BCUT2D eigenvalue weighted by Crippen LogP contribution is 2.22. The van der Waals surface area contributed by atoms with Crippen LogP contribution in [-0.4, -0.2) is 16.0 Å². The predicted molar refractivity (Wildman–Crippen MR) is 49.7 cm³/mol. The number of nitrogens with zero attached hydrogens (tertiary/aromatic N) is 1. The Bertz CT molecular complexity index is 485. The second kappa shape index (κ2) is 4.47. The zero-order valence-electron chi connectivity index (χ0n) is 7.68. The molecule has 7 heteroatoms. The topological polar surface area (TPSA) is 80.4 Å². The van der Waals surface area contributed by atoms with Crippen molar-refractivity contribution in [2.75, 3.05) is 0 Å². The summed E-state index contributed by atoms with van der Waals surface area (Å²) in [5.41, 5.74) is -1.28. The molecular formula is C9H5F2NO4. The first-order valence-corrected chi connectivity index (χ1v) is 3.96. The molecule has 1 aromatic carbocycles. The average molecular weight is 229 g/mol. The quantitative estimate of drug-likeness (QED) is 0.488. The molecule has 1 aromatic rings. The maximum atomic E-state index is 13.0. The Morgan fingerprint density at radius 2 is 2.00 bits per heavy atom. The first-order valence-electron chi connectivity index (χ1n) is 3.96. The minimum absolute atomic E-state index is 0.333. The Morgan fingerprint density at radius 1 is 1.38 bits per heavy atom. The van der Waals surface area contributed by atoms with E-state index in [0.29, 0.717) is 18.2 Å². The molecule has 16 heavy (non-hydrogen) atoms. The lowest BCUT2D eigenvalue weighted by Gasteiger charge is -1.98. The Morgan fingerprint density at radius 3 is 2.50 bits per heavy atom. The molecule has 0 heterocycles. The van der Waals surface area contributed by atoms with E-state index in [1.165, 1.54) is 0 Å². The summed E-state index contributed by atoms with van der Waals surface area (Å²) in [6, 6.07) is 0.962. The summed E-state index contributed by atoms with van der Waals surface area (Å²) in [6.07, 6.45) is 1.41. The number of carboxylic acid groups (broad SMARTS) is 1. The van der Waals surface area contributed by atoms with Crippen molar-refractivity contribution in [3.63, 3.8) is 0 Å². The molecule has 0 aromatic heterocycles. The maximum Gasteiger partial charge on any atom is 0.328 e. The summed E-state index contributed by atoms with van der Waals surface area (Å²) in [5.74, 6) is -3.72. The van der Waals surface area contributed by atoms with Crippen LogP contribution in [-0.2, 0) is 4.79 Å². The van der Waals surface area contributed by atoms with Crippen molar-refractivity contribution >= 4 is 17.7 Å². The third kappa shape index (κ3) is 2.59. The van der Waals surface area contributed by atoms with Crippen LogP contribution in [0, 0.1) is 21.7 Å². The number of nitro benzene ring substituents is 1. The number of hydrogen-bond acceptors (Lipinski definition) is 3. The van der Waals surface area contributed by atoms with Gasteiger partial charge in [0.15, 0.2) is 0 Å². The van der Waals surface area contributed by atoms with Gasteiger partial charge in [0, 0.05) is 23.8 Å². The summed E-state index contributed by atoms with van der Waals surface area (Å²) in [5, 5.41) is 18.6. The maximum absolute atomic E-state index is 13.0. The summed E-state index contributed by atoms with van der Waals surface area (Å²) >= 11 is 0. The number of halogens is 2. The molecule has 0 bridgehead atoms. The third-order valence-electron chi connectivity index (χ3n) is 1.67. The molecule has 84 valence electrons. The van der Waals surface area contributed by atoms with Gasteiger partial charge >= 0.3 is 11.7 Å². The van der Waals surface area contributed by atoms with E-state index in [2.05, 4.69) is 0 Å². The van der Waals surface area contributed by atoms with E-state index < -0.39 is 28.2 Å². The Labute approximate surface area is 87.8 Å². The SMILES string of the molecule is O=C(O)/C=C/c1cc([N+](=O)[O-])c(F)cc1F. The van der Waals surface area contributed by atoms with Crippen LogP contribution in [0.1, 0.15) is 5.56 Å². The number of hydrogen-bond donors (Lipinski definition) is 1. The van der Waals surface area contributed by atoms with E-state index in [4.69, 9.17) is 5.11 Å². The first kappa shape index (κ1) is 11.8. The van der Waals surface area contributed by atoms with Crippen LogP contribution < -0.4 is 0 Å². The monoisotopic (exact) mass is 229 g/mol. The second-order valence-electron chi connectivity index (χ2n) is 2.75. The summed E-state index contributed by atoms with van der Waals surface area (Å²) in [4.78, 5) is 19.5. The largest absolute Gasteiger partial charge is 0.478 e. The molecular weight excluding hydrogens is 224 g/mol. The van der Waals surface area contributed by atoms with Crippen molar-refractivity contribution < 1.29 is 23.6 Å². The fourth-order valence-electron chi connectivity index (χ4n) is 0.982. The molecule has 1 rings (SSSR count). The predicted octanol–water partition coefficient (Wildman–Crippen LogP) is 1.97. The lowest BCUT2D eigenvalue weighted by Crippen LogP contribution is -1.96. The Hall–Kier alpha value is -2.31. The average Bonchev–Trinajstić information content (AvgIpc) is 2.15. The summed E-state index contributed by atoms with van der Waals surface area (Å²) < 4.78 is 25.9. The van der Waals surface area contributed by atoms with Gasteiger partial charge in [-0.25, -0.2) is 9.18 Å². The van der Waals surface area contributed by atoms with Crippen LogP contribution in [0.4, 0.5) is 14.5 Å². The lowest BCUT2D eigenvalue weighted by molar-refractivity contribution is -0.387. The molecule has 0 amide bonds. The number of rotatable bonds is 3. The van der Waals surface area contributed by atoms with Gasteiger partial charge in [0.1, 0.15) is 5.82 Å². The Balaban J connectivity index is 3.25. The van der Waals surface area contributed by atoms with E-state index in [1.807, 2.05) is 0 Å². The molecule has 0 spiro atoms. The number of nitro groups is 1. The van der Waals surface area contributed by atoms with Crippen molar-refractivity contribution in [2.45, 2.75) is 0 Å². The molecule has 0 fully saturated rings. The van der Waals surface area contributed by atoms with Crippen LogP contribution in [0.2, 0.25) is 0 Å². The van der Waals surface area contributed by atoms with Crippen molar-refractivity contribution in [3.05, 3.63) is 45.5 Å². The molecule has 0 atom stereocenters. The van der Waals surface area contributed by atoms with Gasteiger partial charge in [-0.2, -0.15) is 4.39 Å².